The van der Waals surface area contributed by atoms with Crippen molar-refractivity contribution in [2.24, 2.45) is 11.3 Å². The molecule has 5 heteroatoms. The molecule has 1 aliphatic carbocycles. The number of carbonyl (C=O) groups is 1. The second-order valence-corrected chi connectivity index (χ2v) is 6.76. The highest BCUT2D eigenvalue weighted by Gasteiger charge is 2.60. The van der Waals surface area contributed by atoms with E-state index in [0.29, 0.717) is 12.8 Å². The Bertz CT molecular complexity index is 353. The van der Waals surface area contributed by atoms with E-state index in [1.165, 1.54) is 0 Å². The van der Waals surface area contributed by atoms with E-state index < -0.39 is 23.4 Å². The van der Waals surface area contributed by atoms with Crippen LogP contribution in [-0.2, 0) is 19.0 Å². The summed E-state index contributed by atoms with van der Waals surface area (Å²) in [5.74, 6) is -0.237. The van der Waals surface area contributed by atoms with E-state index in [1.807, 2.05) is 27.7 Å². The van der Waals surface area contributed by atoms with Gasteiger partial charge in [-0.3, -0.25) is 4.79 Å². The van der Waals surface area contributed by atoms with Crippen LogP contribution in [0.5, 0.6) is 0 Å². The Labute approximate surface area is 114 Å². The molecule has 5 nitrogen and oxygen atoms in total. The Kier molecular flexibility index (Phi) is 3.66. The maximum Gasteiger partial charge on any atom is 0.311 e. The van der Waals surface area contributed by atoms with Crippen molar-refractivity contribution in [3.8, 4) is 0 Å². The summed E-state index contributed by atoms with van der Waals surface area (Å²) >= 11 is 0. The Morgan fingerprint density at radius 2 is 1.95 bits per heavy atom. The first-order valence-electron chi connectivity index (χ1n) is 6.79. The van der Waals surface area contributed by atoms with Crippen LogP contribution < -0.4 is 0 Å². The maximum absolute atomic E-state index is 12.0. The van der Waals surface area contributed by atoms with E-state index in [-0.39, 0.29) is 18.0 Å². The molecule has 3 atom stereocenters. The summed E-state index contributed by atoms with van der Waals surface area (Å²) in [6, 6.07) is 0. The van der Waals surface area contributed by atoms with Crippen molar-refractivity contribution in [2.75, 3.05) is 7.11 Å². The molecule has 1 heterocycles. The molecule has 1 saturated heterocycles. The summed E-state index contributed by atoms with van der Waals surface area (Å²) in [5, 5.41) is 9.52. The molecule has 1 aliphatic heterocycles. The van der Waals surface area contributed by atoms with E-state index in [9.17, 15) is 9.90 Å². The molecule has 0 aromatic carbocycles. The standard InChI is InChI=1S/C14H24O5/c1-8-10(18-12(16)13(2,3)4)11(17-5)19-14(8)6-9(15)7-14/h8-11,15H,6-7H2,1-5H3/t8-,9-,10+,11+,14+/m0/s1. The zero-order chi connectivity index (χ0) is 14.4. The van der Waals surface area contributed by atoms with E-state index >= 15 is 0 Å². The van der Waals surface area contributed by atoms with Crippen molar-refractivity contribution >= 4 is 5.97 Å². The molecule has 0 aromatic rings. The Morgan fingerprint density at radius 1 is 1.37 bits per heavy atom. The first-order valence-corrected chi connectivity index (χ1v) is 6.79. The number of aliphatic hydroxyl groups is 1. The first-order chi connectivity index (χ1) is 8.69. The van der Waals surface area contributed by atoms with Crippen molar-refractivity contribution in [3.63, 3.8) is 0 Å². The van der Waals surface area contributed by atoms with Crippen molar-refractivity contribution in [1.82, 2.24) is 0 Å². The van der Waals surface area contributed by atoms with Crippen LogP contribution in [0, 0.1) is 11.3 Å². The average molecular weight is 272 g/mol. The molecule has 2 aliphatic rings. The van der Waals surface area contributed by atoms with Crippen LogP contribution in [0.25, 0.3) is 0 Å². The third-order valence-corrected chi connectivity index (χ3v) is 4.19. The van der Waals surface area contributed by atoms with Gasteiger partial charge in [-0.05, 0) is 20.8 Å². The molecule has 0 radical (unpaired) electrons. The Morgan fingerprint density at radius 3 is 2.37 bits per heavy atom. The first kappa shape index (κ1) is 14.8. The summed E-state index contributed by atoms with van der Waals surface area (Å²) < 4.78 is 16.8. The summed E-state index contributed by atoms with van der Waals surface area (Å²) in [4.78, 5) is 12.0. The molecular formula is C14H24O5. The molecular weight excluding hydrogens is 248 g/mol. The number of esters is 1. The smallest absolute Gasteiger partial charge is 0.311 e. The van der Waals surface area contributed by atoms with Crippen LogP contribution in [0.3, 0.4) is 0 Å². The number of carbonyl (C=O) groups excluding carboxylic acids is 1. The normalized spacial score (nSPS) is 42.2. The zero-order valence-electron chi connectivity index (χ0n) is 12.3. The van der Waals surface area contributed by atoms with Gasteiger partial charge in [-0.2, -0.15) is 0 Å². The van der Waals surface area contributed by atoms with Crippen molar-refractivity contribution in [1.29, 1.82) is 0 Å². The molecule has 1 N–H and O–H groups in total. The molecule has 1 spiro atoms. The van der Waals surface area contributed by atoms with Gasteiger partial charge in [0.15, 0.2) is 12.4 Å². The summed E-state index contributed by atoms with van der Waals surface area (Å²) in [5.41, 5.74) is -0.949. The van der Waals surface area contributed by atoms with E-state index in [2.05, 4.69) is 0 Å². The fourth-order valence-corrected chi connectivity index (χ4v) is 2.79. The van der Waals surface area contributed by atoms with E-state index in [1.54, 1.807) is 7.11 Å². The van der Waals surface area contributed by atoms with Crippen LogP contribution >= 0.6 is 0 Å². The number of methoxy groups -OCH3 is 1. The van der Waals surface area contributed by atoms with Crippen LogP contribution in [0.2, 0.25) is 0 Å². The minimum atomic E-state index is -0.549. The fourth-order valence-electron chi connectivity index (χ4n) is 2.79. The molecule has 0 amide bonds. The Balaban J connectivity index is 2.09. The second-order valence-electron chi connectivity index (χ2n) is 6.76. The van der Waals surface area contributed by atoms with Gasteiger partial charge < -0.3 is 19.3 Å². The van der Waals surface area contributed by atoms with Gasteiger partial charge in [-0.25, -0.2) is 0 Å². The number of hydrogen-bond donors (Lipinski definition) is 1. The summed E-state index contributed by atoms with van der Waals surface area (Å²) in [7, 11) is 1.55. The van der Waals surface area contributed by atoms with E-state index in [0.717, 1.165) is 0 Å². The van der Waals surface area contributed by atoms with Gasteiger partial charge in [0.1, 0.15) is 0 Å². The van der Waals surface area contributed by atoms with Gasteiger partial charge in [0.05, 0.1) is 17.1 Å². The third-order valence-electron chi connectivity index (χ3n) is 4.19. The van der Waals surface area contributed by atoms with Crippen LogP contribution in [0.15, 0.2) is 0 Å². The van der Waals surface area contributed by atoms with Crippen LogP contribution in [-0.4, -0.2) is 42.3 Å². The topological polar surface area (TPSA) is 65.0 Å². The number of aliphatic hydroxyl groups excluding tert-OH is 1. The van der Waals surface area contributed by atoms with Gasteiger partial charge in [0.25, 0.3) is 0 Å². The fraction of sp³-hybridized carbons (Fsp3) is 0.929. The van der Waals surface area contributed by atoms with Crippen molar-refractivity contribution in [2.45, 2.75) is 64.6 Å². The maximum atomic E-state index is 12.0. The molecule has 2 rings (SSSR count). The largest absolute Gasteiger partial charge is 0.456 e. The van der Waals surface area contributed by atoms with Gasteiger partial charge in [0.2, 0.25) is 0 Å². The lowest BCUT2D eigenvalue weighted by Crippen LogP contribution is -2.52. The SMILES string of the molecule is CO[C@@H]1O[C@]2(C[C@@H](O)C2)[C@@H](C)[C@H]1OC(=O)C(C)(C)C. The van der Waals surface area contributed by atoms with Crippen LogP contribution in [0.4, 0.5) is 0 Å². The van der Waals surface area contributed by atoms with Gasteiger partial charge in [-0.1, -0.05) is 6.92 Å². The zero-order valence-corrected chi connectivity index (χ0v) is 12.3. The molecule has 19 heavy (non-hydrogen) atoms. The van der Waals surface area contributed by atoms with Gasteiger partial charge in [-0.15, -0.1) is 0 Å². The number of hydrogen-bond acceptors (Lipinski definition) is 5. The quantitative estimate of drug-likeness (QED) is 0.771. The predicted octanol–water partition coefficient (Wildman–Crippen LogP) is 1.48. The lowest BCUT2D eigenvalue weighted by atomic mass is 9.69. The van der Waals surface area contributed by atoms with Crippen molar-refractivity contribution < 1.29 is 24.1 Å². The highest BCUT2D eigenvalue weighted by Crippen LogP contribution is 2.50. The molecule has 1 saturated carbocycles. The highest BCUT2D eigenvalue weighted by atomic mass is 16.7. The minimum absolute atomic E-state index is 0.0205. The predicted molar refractivity (Wildman–Crippen MR) is 68.4 cm³/mol. The summed E-state index contributed by atoms with van der Waals surface area (Å²) in [6.45, 7) is 7.45. The molecule has 0 unspecified atom stereocenters. The van der Waals surface area contributed by atoms with Crippen LogP contribution in [0.1, 0.15) is 40.5 Å². The lowest BCUT2D eigenvalue weighted by Gasteiger charge is -2.44. The lowest BCUT2D eigenvalue weighted by molar-refractivity contribution is -0.222. The molecule has 0 aromatic heterocycles. The number of rotatable bonds is 2. The number of ether oxygens (including phenoxy) is 3. The molecule has 0 bridgehead atoms. The monoisotopic (exact) mass is 272 g/mol. The highest BCUT2D eigenvalue weighted by molar-refractivity contribution is 5.75. The van der Waals surface area contributed by atoms with Gasteiger partial charge >= 0.3 is 5.97 Å². The van der Waals surface area contributed by atoms with Crippen molar-refractivity contribution in [3.05, 3.63) is 0 Å². The van der Waals surface area contributed by atoms with E-state index in [4.69, 9.17) is 14.2 Å². The average Bonchev–Trinajstić information content (AvgIpc) is 2.52. The molecule has 110 valence electrons. The Hall–Kier alpha value is -0.650. The minimum Gasteiger partial charge on any atom is -0.456 e. The second kappa shape index (κ2) is 4.72. The van der Waals surface area contributed by atoms with Gasteiger partial charge in [0, 0.05) is 25.9 Å². The summed E-state index contributed by atoms with van der Waals surface area (Å²) in [6.07, 6.45) is -0.120. The molecule has 2 fully saturated rings. The third kappa shape index (κ3) is 2.51.